The van der Waals surface area contributed by atoms with Crippen LogP contribution in [0.1, 0.15) is 35.3 Å². The number of para-hydroxylation sites is 1. The lowest BCUT2D eigenvalue weighted by atomic mass is 10.1. The number of anilines is 1. The van der Waals surface area contributed by atoms with Gasteiger partial charge < -0.3 is 20.0 Å². The van der Waals surface area contributed by atoms with E-state index in [0.29, 0.717) is 31.9 Å². The molecule has 178 valence electrons. The Labute approximate surface area is 198 Å². The number of aryl methyl sites for hydroxylation is 2. The van der Waals surface area contributed by atoms with Gasteiger partial charge in [-0.15, -0.1) is 0 Å². The lowest BCUT2D eigenvalue weighted by Crippen LogP contribution is -2.43. The van der Waals surface area contributed by atoms with Crippen molar-refractivity contribution in [1.82, 2.24) is 15.2 Å². The Hall–Kier alpha value is -3.52. The fourth-order valence-corrected chi connectivity index (χ4v) is 3.84. The van der Waals surface area contributed by atoms with Gasteiger partial charge in [-0.2, -0.15) is 0 Å². The van der Waals surface area contributed by atoms with E-state index >= 15 is 0 Å². The number of amides is 2. The van der Waals surface area contributed by atoms with E-state index in [1.807, 2.05) is 37.3 Å². The van der Waals surface area contributed by atoms with Crippen molar-refractivity contribution in [2.45, 2.75) is 38.9 Å². The summed E-state index contributed by atoms with van der Waals surface area (Å²) < 4.78 is 17.2. The molecule has 0 unspecified atom stereocenters. The van der Waals surface area contributed by atoms with E-state index in [4.69, 9.17) is 4.42 Å². The predicted octanol–water partition coefficient (Wildman–Crippen LogP) is 4.01. The molecule has 1 saturated heterocycles. The van der Waals surface area contributed by atoms with Crippen LogP contribution in [0.5, 0.6) is 0 Å². The van der Waals surface area contributed by atoms with Crippen LogP contribution in [0.25, 0.3) is 17.0 Å². The molecule has 0 spiro atoms. The van der Waals surface area contributed by atoms with E-state index in [1.165, 1.54) is 0 Å². The van der Waals surface area contributed by atoms with Gasteiger partial charge in [-0.05, 0) is 49.1 Å². The monoisotopic (exact) mass is 464 g/mol. The highest BCUT2D eigenvalue weighted by Crippen LogP contribution is 2.26. The van der Waals surface area contributed by atoms with Crippen molar-refractivity contribution in [3.05, 3.63) is 65.1 Å². The van der Waals surface area contributed by atoms with E-state index < -0.39 is 6.17 Å². The molecule has 34 heavy (non-hydrogen) atoms. The van der Waals surface area contributed by atoms with Crippen LogP contribution in [0.4, 0.5) is 10.2 Å². The molecule has 1 fully saturated rings. The van der Waals surface area contributed by atoms with Gasteiger partial charge in [0.15, 0.2) is 0 Å². The molecule has 2 amide bonds. The van der Waals surface area contributed by atoms with Crippen molar-refractivity contribution in [3.63, 3.8) is 0 Å². The Morgan fingerprint density at radius 1 is 1.29 bits per heavy atom. The quantitative estimate of drug-likeness (QED) is 0.570. The van der Waals surface area contributed by atoms with Crippen molar-refractivity contribution in [2.75, 3.05) is 25.5 Å². The second kappa shape index (κ2) is 10.6. The van der Waals surface area contributed by atoms with Crippen molar-refractivity contribution >= 4 is 34.7 Å². The SMILES string of the molecule is Cc1oc2ccccc2c1CN(C)C(=O)/C=C/c1cnc2c(c1)CCCC(=O)N2.FC1CNC1. The third kappa shape index (κ3) is 5.69. The van der Waals surface area contributed by atoms with E-state index in [2.05, 4.69) is 15.6 Å². The van der Waals surface area contributed by atoms with E-state index in [0.717, 1.165) is 46.3 Å². The van der Waals surface area contributed by atoms with Crippen LogP contribution in [0.2, 0.25) is 0 Å². The number of hydrogen-bond acceptors (Lipinski definition) is 5. The first kappa shape index (κ1) is 23.6. The van der Waals surface area contributed by atoms with E-state index in [-0.39, 0.29) is 11.8 Å². The molecule has 7 nitrogen and oxygen atoms in total. The number of carbonyl (C=O) groups excluding carboxylic acids is 2. The summed E-state index contributed by atoms with van der Waals surface area (Å²) >= 11 is 0. The zero-order valence-corrected chi connectivity index (χ0v) is 19.4. The van der Waals surface area contributed by atoms with Crippen LogP contribution < -0.4 is 10.6 Å². The Kier molecular flexibility index (Phi) is 7.37. The topological polar surface area (TPSA) is 87.5 Å². The number of hydrogen-bond donors (Lipinski definition) is 2. The van der Waals surface area contributed by atoms with Gasteiger partial charge in [-0.25, -0.2) is 9.37 Å². The lowest BCUT2D eigenvalue weighted by Gasteiger charge is -2.17. The second-order valence-electron chi connectivity index (χ2n) is 8.59. The number of furan rings is 1. The molecule has 5 rings (SSSR count). The molecule has 8 heteroatoms. The zero-order valence-electron chi connectivity index (χ0n) is 19.4. The highest BCUT2D eigenvalue weighted by Gasteiger charge is 2.16. The van der Waals surface area contributed by atoms with Crippen molar-refractivity contribution in [2.24, 2.45) is 0 Å². The normalized spacial score (nSPS) is 15.7. The lowest BCUT2D eigenvalue weighted by molar-refractivity contribution is -0.125. The summed E-state index contributed by atoms with van der Waals surface area (Å²) in [5.41, 5.74) is 3.69. The smallest absolute Gasteiger partial charge is 0.246 e. The van der Waals surface area contributed by atoms with Gasteiger partial charge in [0.25, 0.3) is 0 Å². The summed E-state index contributed by atoms with van der Waals surface area (Å²) in [4.78, 5) is 30.2. The molecular weight excluding hydrogens is 435 g/mol. The van der Waals surface area contributed by atoms with Gasteiger partial charge in [-0.3, -0.25) is 9.59 Å². The van der Waals surface area contributed by atoms with Crippen LogP contribution in [-0.2, 0) is 22.6 Å². The molecule has 0 saturated carbocycles. The standard InChI is InChI=1S/C23H23N3O3.C3H6FN/c1-15-19(18-7-3-4-8-20(18)29-15)14-26(2)22(28)11-10-16-12-17-6-5-9-21(27)25-23(17)24-13-16;4-3-1-5-2-3/h3-4,7-8,10-13H,5-6,9,14H2,1-2H3,(H,24,25,27);3,5H,1-2H2/b11-10+;. The number of alkyl halides is 1. The minimum atomic E-state index is -0.546. The molecule has 0 atom stereocenters. The molecule has 0 radical (unpaired) electrons. The minimum Gasteiger partial charge on any atom is -0.461 e. The Bertz CT molecular complexity index is 1220. The number of benzene rings is 1. The van der Waals surface area contributed by atoms with Gasteiger partial charge in [0.1, 0.15) is 23.3 Å². The van der Waals surface area contributed by atoms with Gasteiger partial charge in [0.2, 0.25) is 11.8 Å². The summed E-state index contributed by atoms with van der Waals surface area (Å²) in [7, 11) is 1.78. The molecule has 4 heterocycles. The van der Waals surface area contributed by atoms with Crippen LogP contribution >= 0.6 is 0 Å². The molecule has 2 aromatic heterocycles. The minimum absolute atomic E-state index is 0.00147. The molecule has 0 aliphatic carbocycles. The summed E-state index contributed by atoms with van der Waals surface area (Å²) in [5.74, 6) is 1.35. The van der Waals surface area contributed by atoms with Gasteiger partial charge in [-0.1, -0.05) is 18.2 Å². The highest BCUT2D eigenvalue weighted by molar-refractivity contribution is 5.93. The summed E-state index contributed by atoms with van der Waals surface area (Å²) in [5, 5.41) is 6.64. The first-order valence-corrected chi connectivity index (χ1v) is 11.4. The number of carbonyl (C=O) groups is 2. The van der Waals surface area contributed by atoms with Gasteiger partial charge in [0.05, 0.1) is 0 Å². The summed E-state index contributed by atoms with van der Waals surface area (Å²) in [6, 6.07) is 9.82. The zero-order chi connectivity index (χ0) is 24.1. The van der Waals surface area contributed by atoms with Crippen molar-refractivity contribution < 1.29 is 18.4 Å². The summed E-state index contributed by atoms with van der Waals surface area (Å²) in [6.07, 6.45) is 6.54. The molecular formula is C26H29FN4O3. The molecule has 0 bridgehead atoms. The average Bonchev–Trinajstić information content (AvgIpc) is 2.99. The van der Waals surface area contributed by atoms with E-state index in [9.17, 15) is 14.0 Å². The molecule has 2 aliphatic rings. The van der Waals surface area contributed by atoms with Gasteiger partial charge in [0, 0.05) is 56.3 Å². The number of fused-ring (bicyclic) bond motifs is 2. The fourth-order valence-electron chi connectivity index (χ4n) is 3.84. The van der Waals surface area contributed by atoms with Crippen molar-refractivity contribution in [1.29, 1.82) is 0 Å². The number of nitrogens with one attached hydrogen (secondary N) is 2. The van der Waals surface area contributed by atoms with Gasteiger partial charge >= 0.3 is 0 Å². The molecule has 2 N–H and O–H groups in total. The Balaban J connectivity index is 0.000000486. The summed E-state index contributed by atoms with van der Waals surface area (Å²) in [6.45, 7) is 3.53. The molecule has 1 aromatic carbocycles. The van der Waals surface area contributed by atoms with Crippen molar-refractivity contribution in [3.8, 4) is 0 Å². The number of pyridine rings is 1. The maximum atomic E-state index is 12.6. The van der Waals surface area contributed by atoms with Crippen LogP contribution in [0, 0.1) is 6.92 Å². The molecule has 2 aliphatic heterocycles. The third-order valence-corrected chi connectivity index (χ3v) is 5.92. The second-order valence-corrected chi connectivity index (χ2v) is 8.59. The first-order chi connectivity index (χ1) is 16.4. The number of likely N-dealkylation sites (N-methyl/N-ethyl adjacent to an activating group) is 1. The van der Waals surface area contributed by atoms with Crippen LogP contribution in [-0.4, -0.2) is 48.0 Å². The maximum Gasteiger partial charge on any atom is 0.246 e. The predicted molar refractivity (Wildman–Crippen MR) is 130 cm³/mol. The number of nitrogens with zero attached hydrogens (tertiary/aromatic N) is 2. The first-order valence-electron chi connectivity index (χ1n) is 11.4. The van der Waals surface area contributed by atoms with Crippen LogP contribution in [0.3, 0.4) is 0 Å². The third-order valence-electron chi connectivity index (χ3n) is 5.92. The number of rotatable bonds is 4. The number of halogens is 1. The number of aromatic nitrogens is 1. The Morgan fingerprint density at radius 2 is 2.06 bits per heavy atom. The highest BCUT2D eigenvalue weighted by atomic mass is 19.1. The van der Waals surface area contributed by atoms with Crippen LogP contribution in [0.15, 0.2) is 47.0 Å². The maximum absolute atomic E-state index is 12.6. The Morgan fingerprint density at radius 3 is 2.79 bits per heavy atom. The average molecular weight is 465 g/mol. The fraction of sp³-hybridized carbons (Fsp3) is 0.346. The largest absolute Gasteiger partial charge is 0.461 e. The van der Waals surface area contributed by atoms with E-state index in [1.54, 1.807) is 30.3 Å². The molecule has 3 aromatic rings.